The third kappa shape index (κ3) is 5.20. The summed E-state index contributed by atoms with van der Waals surface area (Å²) in [5.41, 5.74) is 2.27. The monoisotopic (exact) mass is 588 g/mol. The summed E-state index contributed by atoms with van der Waals surface area (Å²) in [4.78, 5) is 31.9. The number of amides is 3. The number of methoxy groups -OCH3 is 1. The zero-order valence-corrected chi connectivity index (χ0v) is 22.9. The van der Waals surface area contributed by atoms with Crippen LogP contribution in [0.1, 0.15) is 84.2 Å². The zero-order valence-electron chi connectivity index (χ0n) is 22.9. The fourth-order valence-electron chi connectivity index (χ4n) is 6.24. The van der Waals surface area contributed by atoms with Crippen molar-refractivity contribution in [2.45, 2.75) is 68.7 Å². The molecule has 3 aromatic rings. The van der Waals surface area contributed by atoms with Gasteiger partial charge in [0.25, 0.3) is 5.91 Å². The molecule has 2 N–H and O–H groups in total. The van der Waals surface area contributed by atoms with Crippen LogP contribution in [-0.2, 0) is 4.74 Å². The lowest BCUT2D eigenvalue weighted by Crippen LogP contribution is -2.40. The van der Waals surface area contributed by atoms with Crippen molar-refractivity contribution in [3.63, 3.8) is 0 Å². The van der Waals surface area contributed by atoms with E-state index in [2.05, 4.69) is 15.6 Å². The summed E-state index contributed by atoms with van der Waals surface area (Å²) in [5.74, 6) is 1.23. The Labute approximate surface area is 238 Å². The molecule has 3 aliphatic carbocycles. The highest BCUT2D eigenvalue weighted by Gasteiger charge is 2.50. The van der Waals surface area contributed by atoms with Gasteiger partial charge in [-0.25, -0.2) is 14.4 Å². The molecule has 4 fully saturated rings. The maximum atomic E-state index is 13.5. The molecule has 14 heteroatoms. The van der Waals surface area contributed by atoms with Gasteiger partial charge >= 0.3 is 12.2 Å². The van der Waals surface area contributed by atoms with Crippen molar-refractivity contribution in [1.82, 2.24) is 30.8 Å². The van der Waals surface area contributed by atoms with Crippen LogP contribution in [0.3, 0.4) is 0 Å². The number of hydrogen-bond donors (Lipinski definition) is 2. The van der Waals surface area contributed by atoms with E-state index in [-0.39, 0.29) is 30.0 Å². The van der Waals surface area contributed by atoms with E-state index in [4.69, 9.17) is 18.8 Å². The van der Waals surface area contributed by atoms with Crippen LogP contribution in [0.2, 0.25) is 0 Å². The molecule has 11 nitrogen and oxygen atoms in total. The molecule has 0 radical (unpaired) electrons. The van der Waals surface area contributed by atoms with Gasteiger partial charge in [-0.15, -0.1) is 0 Å². The first-order chi connectivity index (χ1) is 20.2. The second-order valence-corrected chi connectivity index (χ2v) is 11.9. The van der Waals surface area contributed by atoms with Crippen LogP contribution >= 0.6 is 0 Å². The third-order valence-electron chi connectivity index (χ3n) is 8.81. The minimum Gasteiger partial charge on any atom is -0.438 e. The maximum absolute atomic E-state index is 13.5. The molecule has 3 saturated carbocycles. The van der Waals surface area contributed by atoms with Gasteiger partial charge in [0.15, 0.2) is 11.3 Å². The Morgan fingerprint density at radius 3 is 2.52 bits per heavy atom. The lowest BCUT2D eigenvalue weighted by Gasteiger charge is -2.27. The van der Waals surface area contributed by atoms with Crippen molar-refractivity contribution >= 4 is 23.0 Å². The zero-order chi connectivity index (χ0) is 29.2. The minimum atomic E-state index is -4.56. The number of urea groups is 1. The van der Waals surface area contributed by atoms with Crippen LogP contribution in [0.5, 0.6) is 0 Å². The molecular formula is C28H31F3N6O5. The van der Waals surface area contributed by atoms with Gasteiger partial charge in [-0.1, -0.05) is 11.2 Å². The molecule has 1 aliphatic heterocycles. The topological polar surface area (TPSA) is 136 Å². The Morgan fingerprint density at radius 1 is 1.17 bits per heavy atom. The fourth-order valence-corrected chi connectivity index (χ4v) is 6.24. The van der Waals surface area contributed by atoms with Crippen molar-refractivity contribution in [1.29, 1.82) is 0 Å². The van der Waals surface area contributed by atoms with Gasteiger partial charge in [-0.05, 0) is 79.1 Å². The second kappa shape index (κ2) is 10.2. The second-order valence-electron chi connectivity index (χ2n) is 11.9. The predicted octanol–water partition coefficient (Wildman–Crippen LogP) is 4.64. The number of carbonyl (C=O) groups excluding carboxylic acids is 2. The molecule has 0 bridgehead atoms. The summed E-state index contributed by atoms with van der Waals surface area (Å²) < 4.78 is 56.4. The van der Waals surface area contributed by atoms with Crippen LogP contribution in [-0.4, -0.2) is 64.6 Å². The first kappa shape index (κ1) is 27.2. The minimum absolute atomic E-state index is 0.00656. The van der Waals surface area contributed by atoms with E-state index in [1.54, 1.807) is 18.2 Å². The van der Waals surface area contributed by atoms with Crippen LogP contribution in [0.4, 0.5) is 18.0 Å². The van der Waals surface area contributed by atoms with Gasteiger partial charge in [0.2, 0.25) is 5.89 Å². The Balaban J connectivity index is 1.19. The SMILES string of the molecule is COC[C@@H](c1ccc2oc([C@@H](NC(=O)c3nonc3C3CC3)C(C3CC3)C3CC3)nc2c1)N1C[C@@H](C(F)(F)F)NC1=O. The highest BCUT2D eigenvalue weighted by atomic mass is 19.4. The Kier molecular flexibility index (Phi) is 6.63. The van der Waals surface area contributed by atoms with Crippen LogP contribution in [0.15, 0.2) is 27.2 Å². The number of hydrogen-bond acceptors (Lipinski definition) is 8. The number of halogens is 3. The quantitative estimate of drug-likeness (QED) is 0.331. The molecule has 3 heterocycles. The first-order valence-electron chi connectivity index (χ1n) is 14.4. The van der Waals surface area contributed by atoms with Crippen molar-refractivity contribution in [3.05, 3.63) is 41.0 Å². The van der Waals surface area contributed by atoms with E-state index < -0.39 is 36.9 Å². The lowest BCUT2D eigenvalue weighted by atomic mass is 9.89. The van der Waals surface area contributed by atoms with Gasteiger partial charge in [0.1, 0.15) is 23.3 Å². The summed E-state index contributed by atoms with van der Waals surface area (Å²) >= 11 is 0. The largest absolute Gasteiger partial charge is 0.438 e. The smallest absolute Gasteiger partial charge is 0.410 e. The molecule has 0 spiro atoms. The number of aromatic nitrogens is 3. The van der Waals surface area contributed by atoms with E-state index >= 15 is 0 Å². The van der Waals surface area contributed by atoms with E-state index in [0.29, 0.717) is 40.1 Å². The van der Waals surface area contributed by atoms with Gasteiger partial charge in [0, 0.05) is 13.0 Å². The van der Waals surface area contributed by atoms with E-state index in [9.17, 15) is 22.8 Å². The van der Waals surface area contributed by atoms with Crippen molar-refractivity contribution in [2.75, 3.05) is 20.3 Å². The fraction of sp³-hybridized carbons (Fsp3) is 0.607. The molecule has 224 valence electrons. The van der Waals surface area contributed by atoms with Gasteiger partial charge in [-0.3, -0.25) is 4.79 Å². The highest BCUT2D eigenvalue weighted by molar-refractivity contribution is 5.93. The van der Waals surface area contributed by atoms with Gasteiger partial charge < -0.3 is 24.7 Å². The predicted molar refractivity (Wildman–Crippen MR) is 139 cm³/mol. The van der Waals surface area contributed by atoms with Gasteiger partial charge in [0.05, 0.1) is 19.2 Å². The summed E-state index contributed by atoms with van der Waals surface area (Å²) in [6.07, 6.45) is 1.63. The Bertz CT molecular complexity index is 1480. The first-order valence-corrected chi connectivity index (χ1v) is 14.4. The van der Waals surface area contributed by atoms with E-state index in [0.717, 1.165) is 43.4 Å². The van der Waals surface area contributed by atoms with Crippen LogP contribution < -0.4 is 10.6 Å². The molecule has 3 atom stereocenters. The summed E-state index contributed by atoms with van der Waals surface area (Å²) in [5, 5.41) is 13.0. The number of rotatable bonds is 11. The molecule has 3 amide bonds. The van der Waals surface area contributed by atoms with E-state index in [1.165, 1.54) is 7.11 Å². The molecule has 0 unspecified atom stereocenters. The number of nitrogens with zero attached hydrogens (tertiary/aromatic N) is 4. The molecule has 4 aliphatic rings. The number of ether oxygens (including phenoxy) is 1. The summed E-state index contributed by atoms with van der Waals surface area (Å²) in [6, 6.07) is 1.05. The van der Waals surface area contributed by atoms with Crippen LogP contribution in [0, 0.1) is 17.8 Å². The van der Waals surface area contributed by atoms with Crippen LogP contribution in [0.25, 0.3) is 11.1 Å². The molecular weight excluding hydrogens is 557 g/mol. The number of benzene rings is 1. The average Bonchev–Trinajstić information content (AvgIpc) is 3.91. The normalized spacial score (nSPS) is 22.5. The number of carbonyl (C=O) groups is 2. The number of alkyl halides is 3. The van der Waals surface area contributed by atoms with Crippen molar-refractivity contribution in [3.8, 4) is 0 Å². The molecule has 1 aromatic carbocycles. The number of fused-ring (bicyclic) bond motifs is 1. The maximum Gasteiger partial charge on any atom is 0.410 e. The number of nitrogens with one attached hydrogen (secondary N) is 2. The third-order valence-corrected chi connectivity index (χ3v) is 8.81. The van der Waals surface area contributed by atoms with Crippen molar-refractivity contribution in [2.24, 2.45) is 17.8 Å². The standard InChI is InChI=1S/C28H31F3N6O5/c1-40-12-18(37-11-20(28(29,30)31)33-27(37)39)16-8-9-19-17(10-16)32-26(41-19)23(21(13-2-3-13)14-4-5-14)34-25(38)24-22(15-6-7-15)35-42-36-24/h8-10,13-15,18,20-21,23H,2-7,11-12H2,1H3,(H,33,39)(H,34,38)/t18-,20-,23-/m0/s1. The molecule has 7 rings (SSSR count). The Hall–Kier alpha value is -3.68. The average molecular weight is 589 g/mol. The highest BCUT2D eigenvalue weighted by Crippen LogP contribution is 2.54. The summed E-state index contributed by atoms with van der Waals surface area (Å²) in [6.45, 7) is -0.538. The van der Waals surface area contributed by atoms with Gasteiger partial charge in [-0.2, -0.15) is 13.2 Å². The molecule has 2 aromatic heterocycles. The molecule has 42 heavy (non-hydrogen) atoms. The molecule has 1 saturated heterocycles. The lowest BCUT2D eigenvalue weighted by molar-refractivity contribution is -0.150. The summed E-state index contributed by atoms with van der Waals surface area (Å²) in [7, 11) is 1.43. The number of oxazole rings is 1. The van der Waals surface area contributed by atoms with Crippen molar-refractivity contribution < 1.29 is 36.5 Å². The van der Waals surface area contributed by atoms with E-state index in [1.807, 2.05) is 5.32 Å². The Morgan fingerprint density at radius 2 is 1.90 bits per heavy atom.